The summed E-state index contributed by atoms with van der Waals surface area (Å²) < 4.78 is 41.1. The summed E-state index contributed by atoms with van der Waals surface area (Å²) in [6.07, 6.45) is 4.91. The Morgan fingerprint density at radius 1 is 1.23 bits per heavy atom. The van der Waals surface area contributed by atoms with Crippen LogP contribution in [0, 0.1) is 17.6 Å². The quantitative estimate of drug-likeness (QED) is 0.354. The Balaban J connectivity index is 1.35. The Hall–Kier alpha value is -3.19. The predicted molar refractivity (Wildman–Crippen MR) is 144 cm³/mol. The molecule has 1 saturated heterocycles. The van der Waals surface area contributed by atoms with E-state index in [0.29, 0.717) is 44.6 Å². The zero-order valence-corrected chi connectivity index (χ0v) is 22.2. The SMILES string of the molecule is CC1CC(c2ccncc2NC(=O)c2nc(-c3c(F)cc(OC4CCOCC4)cc3F)sc2N)CC(N)C1O. The number of nitrogens with two attached hydrogens (primary N) is 2. The van der Waals surface area contributed by atoms with Crippen LogP contribution in [-0.2, 0) is 4.74 Å². The number of nitrogen functional groups attached to an aromatic ring is 1. The van der Waals surface area contributed by atoms with E-state index in [1.54, 1.807) is 6.20 Å². The van der Waals surface area contributed by atoms with Crippen LogP contribution in [0.3, 0.4) is 0 Å². The number of benzene rings is 1. The van der Waals surface area contributed by atoms with Gasteiger partial charge in [-0.05, 0) is 36.3 Å². The Bertz CT molecular complexity index is 1310. The maximum atomic E-state index is 15.0. The fourth-order valence-corrected chi connectivity index (χ4v) is 6.16. The van der Waals surface area contributed by atoms with Gasteiger partial charge >= 0.3 is 0 Å². The molecule has 1 aliphatic carbocycles. The zero-order valence-electron chi connectivity index (χ0n) is 21.4. The molecule has 0 bridgehead atoms. The molecule has 0 radical (unpaired) electrons. The summed E-state index contributed by atoms with van der Waals surface area (Å²) in [5, 5.41) is 13.0. The molecule has 3 aromatic rings. The normalized spacial score (nSPS) is 23.9. The van der Waals surface area contributed by atoms with Crippen molar-refractivity contribution in [3.05, 3.63) is 53.5 Å². The van der Waals surface area contributed by atoms with Gasteiger partial charge in [0.2, 0.25) is 0 Å². The van der Waals surface area contributed by atoms with Gasteiger partial charge in [-0.3, -0.25) is 9.78 Å². The van der Waals surface area contributed by atoms with Crippen molar-refractivity contribution in [2.45, 2.75) is 56.8 Å². The number of pyridine rings is 1. The van der Waals surface area contributed by atoms with Gasteiger partial charge in [-0.15, -0.1) is 0 Å². The smallest absolute Gasteiger partial charge is 0.277 e. The maximum Gasteiger partial charge on any atom is 0.277 e. The van der Waals surface area contributed by atoms with Gasteiger partial charge in [0, 0.05) is 37.2 Å². The second kappa shape index (κ2) is 11.5. The number of amides is 1. The number of halogens is 2. The van der Waals surface area contributed by atoms with E-state index in [0.717, 1.165) is 29.0 Å². The first-order valence-corrected chi connectivity index (χ1v) is 13.7. The summed E-state index contributed by atoms with van der Waals surface area (Å²) in [6, 6.07) is 3.65. The van der Waals surface area contributed by atoms with Crippen molar-refractivity contribution >= 4 is 27.9 Å². The number of anilines is 2. The third-order valence-corrected chi connectivity index (χ3v) is 8.25. The highest BCUT2D eigenvalue weighted by Gasteiger charge is 2.34. The summed E-state index contributed by atoms with van der Waals surface area (Å²) in [5.41, 5.74) is 13.0. The molecule has 2 fully saturated rings. The predicted octanol–water partition coefficient (Wildman–Crippen LogP) is 4.08. The third-order valence-electron chi connectivity index (χ3n) is 7.35. The number of aromatic nitrogens is 2. The van der Waals surface area contributed by atoms with Crippen molar-refractivity contribution < 1.29 is 28.2 Å². The molecule has 4 atom stereocenters. The van der Waals surface area contributed by atoms with Gasteiger partial charge in [0.25, 0.3) is 5.91 Å². The summed E-state index contributed by atoms with van der Waals surface area (Å²) in [6.45, 7) is 3.01. The highest BCUT2D eigenvalue weighted by molar-refractivity contribution is 7.19. The highest BCUT2D eigenvalue weighted by atomic mass is 32.1. The third kappa shape index (κ3) is 5.88. The first kappa shape index (κ1) is 27.4. The summed E-state index contributed by atoms with van der Waals surface area (Å²) in [4.78, 5) is 21.5. The number of thiazole rings is 1. The number of nitrogens with zero attached hydrogens (tertiary/aromatic N) is 2. The monoisotopic (exact) mass is 559 g/mol. The minimum absolute atomic E-state index is 0.00473. The van der Waals surface area contributed by atoms with Crippen molar-refractivity contribution in [3.8, 4) is 16.3 Å². The highest BCUT2D eigenvalue weighted by Crippen LogP contribution is 2.39. The summed E-state index contributed by atoms with van der Waals surface area (Å²) in [7, 11) is 0. The number of aliphatic hydroxyl groups is 1. The minimum Gasteiger partial charge on any atom is -0.490 e. The molecule has 1 aromatic carbocycles. The topological polar surface area (TPSA) is 146 Å². The van der Waals surface area contributed by atoms with E-state index < -0.39 is 23.6 Å². The molecule has 1 saturated carbocycles. The number of hydrogen-bond donors (Lipinski definition) is 4. The number of carbonyl (C=O) groups excluding carboxylic acids is 1. The van der Waals surface area contributed by atoms with Crippen molar-refractivity contribution in [2.75, 3.05) is 24.3 Å². The molecular formula is C27H31F2N5O4S. The van der Waals surface area contributed by atoms with Gasteiger partial charge < -0.3 is 31.4 Å². The molecule has 1 aliphatic heterocycles. The van der Waals surface area contributed by atoms with E-state index >= 15 is 8.78 Å². The van der Waals surface area contributed by atoms with Gasteiger partial charge in [0.15, 0.2) is 5.69 Å². The van der Waals surface area contributed by atoms with E-state index in [4.69, 9.17) is 20.9 Å². The molecule has 3 heterocycles. The lowest BCUT2D eigenvalue weighted by molar-refractivity contribution is 0.0253. The number of carbonyl (C=O) groups is 1. The fourth-order valence-electron chi connectivity index (χ4n) is 5.29. The molecule has 5 rings (SSSR count). The molecule has 2 aliphatic rings. The van der Waals surface area contributed by atoms with Crippen LogP contribution in [-0.4, -0.2) is 52.4 Å². The van der Waals surface area contributed by atoms with Crippen molar-refractivity contribution in [2.24, 2.45) is 11.7 Å². The van der Waals surface area contributed by atoms with E-state index in [9.17, 15) is 9.90 Å². The number of rotatable bonds is 6. The van der Waals surface area contributed by atoms with Crippen LogP contribution in [0.2, 0.25) is 0 Å². The van der Waals surface area contributed by atoms with Gasteiger partial charge in [0.05, 0.1) is 36.8 Å². The Labute approximate surface area is 228 Å². The summed E-state index contributed by atoms with van der Waals surface area (Å²) >= 11 is 0.818. The minimum atomic E-state index is -0.864. The van der Waals surface area contributed by atoms with E-state index in [2.05, 4.69) is 15.3 Å². The van der Waals surface area contributed by atoms with E-state index in [1.165, 1.54) is 6.20 Å². The van der Waals surface area contributed by atoms with Crippen LogP contribution in [0.4, 0.5) is 19.5 Å². The number of aliphatic hydroxyl groups excluding tert-OH is 1. The van der Waals surface area contributed by atoms with Crippen LogP contribution in [0.5, 0.6) is 5.75 Å². The number of hydrogen-bond acceptors (Lipinski definition) is 9. The second-order valence-corrected chi connectivity index (χ2v) is 11.2. The molecule has 39 heavy (non-hydrogen) atoms. The lowest BCUT2D eigenvalue weighted by atomic mass is 9.74. The number of nitrogens with one attached hydrogen (secondary N) is 1. The zero-order chi connectivity index (χ0) is 27.7. The van der Waals surface area contributed by atoms with Crippen LogP contribution < -0.4 is 21.5 Å². The standard InChI is InChI=1S/C27H31F2N5O4S/c1-13-8-14(9-20(30)24(13)35)17-2-5-32-12-21(17)33-26(36)23-25(31)39-27(34-23)22-18(28)10-16(11-19(22)29)38-15-3-6-37-7-4-15/h2,5,10-15,20,24,35H,3-4,6-9,30-31H2,1H3,(H,33,36). The molecule has 9 nitrogen and oxygen atoms in total. The van der Waals surface area contributed by atoms with Crippen LogP contribution in [0.15, 0.2) is 30.6 Å². The molecule has 12 heteroatoms. The Morgan fingerprint density at radius 2 is 1.95 bits per heavy atom. The van der Waals surface area contributed by atoms with E-state index in [1.807, 2.05) is 13.0 Å². The second-order valence-electron chi connectivity index (χ2n) is 10.1. The number of ether oxygens (including phenoxy) is 2. The fraction of sp³-hybridized carbons (Fsp3) is 0.444. The van der Waals surface area contributed by atoms with Gasteiger partial charge in [0.1, 0.15) is 33.5 Å². The molecule has 1 amide bonds. The van der Waals surface area contributed by atoms with Crippen LogP contribution in [0.1, 0.15) is 54.6 Å². The Kier molecular flexibility index (Phi) is 8.08. The molecule has 4 unspecified atom stereocenters. The van der Waals surface area contributed by atoms with Crippen molar-refractivity contribution in [1.29, 1.82) is 0 Å². The van der Waals surface area contributed by atoms with Crippen LogP contribution in [0.25, 0.3) is 10.6 Å². The van der Waals surface area contributed by atoms with Crippen molar-refractivity contribution in [3.63, 3.8) is 0 Å². The first-order chi connectivity index (χ1) is 18.7. The van der Waals surface area contributed by atoms with Gasteiger partial charge in [-0.25, -0.2) is 13.8 Å². The molecular weight excluding hydrogens is 528 g/mol. The molecule has 6 N–H and O–H groups in total. The first-order valence-electron chi connectivity index (χ1n) is 12.9. The lowest BCUT2D eigenvalue weighted by Crippen LogP contribution is -2.44. The van der Waals surface area contributed by atoms with Crippen molar-refractivity contribution in [1.82, 2.24) is 9.97 Å². The van der Waals surface area contributed by atoms with Gasteiger partial charge in [-0.1, -0.05) is 18.3 Å². The Morgan fingerprint density at radius 3 is 2.64 bits per heavy atom. The van der Waals surface area contributed by atoms with Crippen LogP contribution >= 0.6 is 11.3 Å². The maximum absolute atomic E-state index is 15.0. The molecule has 0 spiro atoms. The lowest BCUT2D eigenvalue weighted by Gasteiger charge is -2.36. The molecule has 208 valence electrons. The van der Waals surface area contributed by atoms with E-state index in [-0.39, 0.29) is 51.0 Å². The average Bonchev–Trinajstić information content (AvgIpc) is 3.28. The molecule has 2 aromatic heterocycles. The van der Waals surface area contributed by atoms with Gasteiger partial charge in [-0.2, -0.15) is 0 Å². The summed E-state index contributed by atoms with van der Waals surface area (Å²) in [5.74, 6) is -2.28. The largest absolute Gasteiger partial charge is 0.490 e. The average molecular weight is 560 g/mol.